The van der Waals surface area contributed by atoms with Crippen LogP contribution in [0.3, 0.4) is 0 Å². The third-order valence-corrected chi connectivity index (χ3v) is 3.10. The van der Waals surface area contributed by atoms with E-state index in [-0.39, 0.29) is 5.03 Å². The Morgan fingerprint density at radius 2 is 2.14 bits per heavy atom. The highest BCUT2D eigenvalue weighted by Crippen LogP contribution is 2.24. The van der Waals surface area contributed by atoms with Crippen molar-refractivity contribution < 1.29 is 8.42 Å². The standard InChI is InChI=1S/C8H9ClN2O2S/c9-14(12,13)8-3-1-2-7(11-8)10-6-4-5-6/h1-3,6H,4-5H2,(H,10,11). The fraction of sp³-hybridized carbons (Fsp3) is 0.375. The Balaban J connectivity index is 2.26. The van der Waals surface area contributed by atoms with Gasteiger partial charge in [0.25, 0.3) is 9.05 Å². The normalized spacial score (nSPS) is 16.6. The lowest BCUT2D eigenvalue weighted by atomic mass is 10.4. The molecule has 6 heteroatoms. The molecule has 0 saturated heterocycles. The lowest BCUT2D eigenvalue weighted by Crippen LogP contribution is -2.05. The molecule has 1 aliphatic rings. The number of nitrogens with one attached hydrogen (secondary N) is 1. The molecule has 0 radical (unpaired) electrons. The summed E-state index contributed by atoms with van der Waals surface area (Å²) in [6, 6.07) is 5.16. The van der Waals surface area contributed by atoms with Crippen molar-refractivity contribution >= 4 is 25.6 Å². The minimum Gasteiger partial charge on any atom is -0.367 e. The lowest BCUT2D eigenvalue weighted by Gasteiger charge is -2.03. The highest BCUT2D eigenvalue weighted by Gasteiger charge is 2.22. The van der Waals surface area contributed by atoms with Gasteiger partial charge in [-0.2, -0.15) is 0 Å². The Morgan fingerprint density at radius 3 is 2.71 bits per heavy atom. The SMILES string of the molecule is O=S(=O)(Cl)c1cccc(NC2CC2)n1. The molecule has 0 aliphatic heterocycles. The number of rotatable bonds is 3. The van der Waals surface area contributed by atoms with Gasteiger partial charge in [-0.25, -0.2) is 13.4 Å². The number of hydrogen-bond acceptors (Lipinski definition) is 4. The molecular weight excluding hydrogens is 224 g/mol. The van der Waals surface area contributed by atoms with Gasteiger partial charge >= 0.3 is 0 Å². The van der Waals surface area contributed by atoms with Gasteiger partial charge in [0.05, 0.1) is 0 Å². The Kier molecular flexibility index (Phi) is 2.36. The van der Waals surface area contributed by atoms with Crippen LogP contribution in [0.5, 0.6) is 0 Å². The van der Waals surface area contributed by atoms with E-state index in [2.05, 4.69) is 10.3 Å². The first-order chi connectivity index (χ1) is 6.55. The first kappa shape index (κ1) is 9.73. The third kappa shape index (κ3) is 2.36. The molecule has 1 N–H and O–H groups in total. The molecule has 1 fully saturated rings. The second kappa shape index (κ2) is 3.40. The van der Waals surface area contributed by atoms with Crippen molar-refractivity contribution in [2.45, 2.75) is 23.9 Å². The maximum Gasteiger partial charge on any atom is 0.278 e. The van der Waals surface area contributed by atoms with Crippen LogP contribution in [0.2, 0.25) is 0 Å². The van der Waals surface area contributed by atoms with E-state index in [1.807, 2.05) is 0 Å². The van der Waals surface area contributed by atoms with E-state index in [0.717, 1.165) is 12.8 Å². The fourth-order valence-electron chi connectivity index (χ4n) is 1.07. The van der Waals surface area contributed by atoms with E-state index in [9.17, 15) is 8.42 Å². The largest absolute Gasteiger partial charge is 0.367 e. The molecule has 1 aromatic rings. The number of aromatic nitrogens is 1. The van der Waals surface area contributed by atoms with Crippen molar-refractivity contribution in [3.05, 3.63) is 18.2 Å². The van der Waals surface area contributed by atoms with Crippen molar-refractivity contribution in [1.82, 2.24) is 4.98 Å². The van der Waals surface area contributed by atoms with Gasteiger partial charge in [-0.05, 0) is 25.0 Å². The maximum absolute atomic E-state index is 11.0. The average molecular weight is 233 g/mol. The highest BCUT2D eigenvalue weighted by atomic mass is 35.7. The Morgan fingerprint density at radius 1 is 1.43 bits per heavy atom. The van der Waals surface area contributed by atoms with E-state index < -0.39 is 9.05 Å². The Labute approximate surface area is 86.7 Å². The van der Waals surface area contributed by atoms with Crippen molar-refractivity contribution in [2.75, 3.05) is 5.32 Å². The second-order valence-corrected chi connectivity index (χ2v) is 5.73. The molecule has 4 nitrogen and oxygen atoms in total. The quantitative estimate of drug-likeness (QED) is 0.804. The second-order valence-electron chi connectivity index (χ2n) is 3.22. The van der Waals surface area contributed by atoms with Gasteiger partial charge < -0.3 is 5.32 Å². The summed E-state index contributed by atoms with van der Waals surface area (Å²) in [6.07, 6.45) is 2.22. The zero-order valence-corrected chi connectivity index (χ0v) is 8.85. The lowest BCUT2D eigenvalue weighted by molar-refractivity contribution is 0.606. The summed E-state index contributed by atoms with van der Waals surface area (Å²) < 4.78 is 21.9. The van der Waals surface area contributed by atoms with Crippen molar-refractivity contribution in [3.63, 3.8) is 0 Å². The van der Waals surface area contributed by atoms with Gasteiger partial charge in [0.2, 0.25) is 0 Å². The molecule has 0 aromatic carbocycles. The molecule has 0 spiro atoms. The molecule has 76 valence electrons. The number of anilines is 1. The van der Waals surface area contributed by atoms with Crippen LogP contribution in [0.4, 0.5) is 5.82 Å². The summed E-state index contributed by atoms with van der Waals surface area (Å²) in [7, 11) is 1.45. The first-order valence-corrected chi connectivity index (χ1v) is 6.55. The fourth-order valence-corrected chi connectivity index (χ4v) is 1.77. The predicted molar refractivity (Wildman–Crippen MR) is 53.9 cm³/mol. The van der Waals surface area contributed by atoms with Crippen molar-refractivity contribution in [1.29, 1.82) is 0 Å². The van der Waals surface area contributed by atoms with Crippen molar-refractivity contribution in [2.24, 2.45) is 0 Å². The summed E-state index contributed by atoms with van der Waals surface area (Å²) in [6.45, 7) is 0. The molecule has 0 atom stereocenters. The van der Waals surface area contributed by atoms with Gasteiger partial charge in [0, 0.05) is 16.7 Å². The molecule has 0 bridgehead atoms. The van der Waals surface area contributed by atoms with E-state index in [1.165, 1.54) is 6.07 Å². The van der Waals surface area contributed by atoms with Gasteiger partial charge in [-0.3, -0.25) is 0 Å². The number of halogens is 1. The summed E-state index contributed by atoms with van der Waals surface area (Å²) in [5.74, 6) is 0.564. The smallest absolute Gasteiger partial charge is 0.278 e. The van der Waals surface area contributed by atoms with Crippen LogP contribution in [-0.4, -0.2) is 19.4 Å². The minimum absolute atomic E-state index is 0.107. The van der Waals surface area contributed by atoms with Crippen LogP contribution in [0.15, 0.2) is 23.2 Å². The molecule has 0 unspecified atom stereocenters. The van der Waals surface area contributed by atoms with Crippen LogP contribution in [0.25, 0.3) is 0 Å². The van der Waals surface area contributed by atoms with Gasteiger partial charge in [0.15, 0.2) is 5.03 Å². The Bertz CT molecular complexity index is 442. The monoisotopic (exact) mass is 232 g/mol. The first-order valence-electron chi connectivity index (χ1n) is 4.24. The Hall–Kier alpha value is -0.810. The van der Waals surface area contributed by atoms with Crippen LogP contribution in [0, 0.1) is 0 Å². The summed E-state index contributed by atoms with van der Waals surface area (Å²) in [5.41, 5.74) is 0. The van der Waals surface area contributed by atoms with Crippen LogP contribution >= 0.6 is 10.7 Å². The summed E-state index contributed by atoms with van der Waals surface area (Å²) >= 11 is 0. The van der Waals surface area contributed by atoms with E-state index in [4.69, 9.17) is 10.7 Å². The van der Waals surface area contributed by atoms with Crippen molar-refractivity contribution in [3.8, 4) is 0 Å². The molecule has 1 saturated carbocycles. The number of nitrogens with zero attached hydrogens (tertiary/aromatic N) is 1. The maximum atomic E-state index is 11.0. The summed E-state index contributed by atoms with van der Waals surface area (Å²) in [5, 5.41) is 2.99. The van der Waals surface area contributed by atoms with Gasteiger partial charge in [0.1, 0.15) is 5.82 Å². The molecule has 1 aliphatic carbocycles. The predicted octanol–water partition coefficient (Wildman–Crippen LogP) is 1.58. The molecule has 0 amide bonds. The van der Waals surface area contributed by atoms with E-state index in [1.54, 1.807) is 12.1 Å². The van der Waals surface area contributed by atoms with E-state index in [0.29, 0.717) is 11.9 Å². The zero-order valence-electron chi connectivity index (χ0n) is 7.27. The third-order valence-electron chi connectivity index (χ3n) is 1.90. The number of pyridine rings is 1. The van der Waals surface area contributed by atoms with Gasteiger partial charge in [-0.1, -0.05) is 6.07 Å². The minimum atomic E-state index is -3.72. The topological polar surface area (TPSA) is 59.1 Å². The summed E-state index contributed by atoms with van der Waals surface area (Å²) in [4.78, 5) is 3.89. The van der Waals surface area contributed by atoms with Gasteiger partial charge in [-0.15, -0.1) is 0 Å². The molecular formula is C8H9ClN2O2S. The molecule has 1 heterocycles. The average Bonchev–Trinajstić information content (AvgIpc) is 2.87. The molecule has 2 rings (SSSR count). The zero-order chi connectivity index (χ0) is 10.2. The van der Waals surface area contributed by atoms with E-state index >= 15 is 0 Å². The number of hydrogen-bond donors (Lipinski definition) is 1. The van der Waals surface area contributed by atoms with Crippen LogP contribution in [-0.2, 0) is 9.05 Å². The molecule has 1 aromatic heterocycles. The highest BCUT2D eigenvalue weighted by molar-refractivity contribution is 8.13. The van der Waals surface area contributed by atoms with Crippen LogP contribution < -0.4 is 5.32 Å². The van der Waals surface area contributed by atoms with Crippen LogP contribution in [0.1, 0.15) is 12.8 Å². The molecule has 14 heavy (non-hydrogen) atoms.